The predicted molar refractivity (Wildman–Crippen MR) is 137 cm³/mol. The molecule has 1 aromatic heterocycles. The molecule has 1 aliphatic heterocycles. The molecule has 0 radical (unpaired) electrons. The van der Waals surface area contributed by atoms with E-state index in [1.54, 1.807) is 55.5 Å². The first-order valence-electron chi connectivity index (χ1n) is 11.6. The van der Waals surface area contributed by atoms with E-state index >= 15 is 0 Å². The summed E-state index contributed by atoms with van der Waals surface area (Å²) in [5.74, 6) is -0.276. The van der Waals surface area contributed by atoms with E-state index in [-0.39, 0.29) is 11.3 Å². The van der Waals surface area contributed by atoms with Crippen LogP contribution in [0.1, 0.15) is 22.7 Å². The number of aromatic amines is 1. The number of ether oxygens (including phenoxy) is 2. The summed E-state index contributed by atoms with van der Waals surface area (Å²) < 4.78 is 10.5. The number of rotatable bonds is 7. The molecule has 1 unspecified atom stereocenters. The number of aromatic nitrogens is 1. The van der Waals surface area contributed by atoms with Gasteiger partial charge in [-0.15, -0.1) is 0 Å². The second-order valence-corrected chi connectivity index (χ2v) is 8.60. The van der Waals surface area contributed by atoms with Gasteiger partial charge in [-0.25, -0.2) is 0 Å². The second kappa shape index (κ2) is 9.62. The van der Waals surface area contributed by atoms with Crippen LogP contribution in [0.3, 0.4) is 0 Å². The van der Waals surface area contributed by atoms with Gasteiger partial charge in [-0.2, -0.15) is 0 Å². The first-order chi connectivity index (χ1) is 17.5. The molecule has 4 aromatic rings. The first-order valence-corrected chi connectivity index (χ1v) is 11.6. The number of ketones is 1. The number of benzene rings is 3. The van der Waals surface area contributed by atoms with Crippen molar-refractivity contribution in [1.82, 2.24) is 9.88 Å². The highest BCUT2D eigenvalue weighted by Gasteiger charge is 2.45. The third kappa shape index (κ3) is 4.09. The molecule has 0 spiro atoms. The minimum absolute atomic E-state index is 0.0641. The van der Waals surface area contributed by atoms with E-state index < -0.39 is 17.7 Å². The summed E-state index contributed by atoms with van der Waals surface area (Å²) in [6.45, 7) is 0.308. The van der Waals surface area contributed by atoms with E-state index in [0.717, 1.165) is 16.5 Å². The third-order valence-electron chi connectivity index (χ3n) is 6.63. The van der Waals surface area contributed by atoms with Crippen molar-refractivity contribution in [3.63, 3.8) is 0 Å². The van der Waals surface area contributed by atoms with Crippen LogP contribution < -0.4 is 9.47 Å². The molecule has 0 saturated carbocycles. The van der Waals surface area contributed by atoms with E-state index in [1.165, 1.54) is 0 Å². The van der Waals surface area contributed by atoms with Crippen LogP contribution in [0.15, 0.2) is 84.6 Å². The molecular weight excluding hydrogens is 456 g/mol. The number of H-pyrrole nitrogens is 1. The number of nitrogens with zero attached hydrogens (tertiary/aromatic N) is 1. The fourth-order valence-corrected chi connectivity index (χ4v) is 4.73. The normalized spacial score (nSPS) is 17.1. The molecule has 7 heteroatoms. The predicted octanol–water partition coefficient (Wildman–Crippen LogP) is 4.85. The van der Waals surface area contributed by atoms with E-state index in [9.17, 15) is 14.7 Å². The molecule has 5 rings (SSSR count). The molecule has 0 aliphatic carbocycles. The topological polar surface area (TPSA) is 91.9 Å². The maximum atomic E-state index is 13.3. The Balaban J connectivity index is 1.55. The molecule has 1 fully saturated rings. The molecule has 3 aromatic carbocycles. The summed E-state index contributed by atoms with van der Waals surface area (Å²) in [7, 11) is 3.13. The quantitative estimate of drug-likeness (QED) is 0.223. The third-order valence-corrected chi connectivity index (χ3v) is 6.63. The van der Waals surface area contributed by atoms with E-state index in [4.69, 9.17) is 9.47 Å². The summed E-state index contributed by atoms with van der Waals surface area (Å²) in [6.07, 6.45) is 2.48. The SMILES string of the molecule is COc1ccc(/C(O)=C2/C(=O)C(=O)N(CCc3c[nH]c4ccccc34)C2c2ccc(OC)cc2)cc1. The Morgan fingerprint density at radius 3 is 2.22 bits per heavy atom. The number of nitrogens with one attached hydrogen (secondary N) is 1. The molecule has 1 amide bonds. The number of likely N-dealkylation sites (tertiary alicyclic amines) is 1. The van der Waals surface area contributed by atoms with Gasteiger partial charge in [-0.05, 0) is 60.0 Å². The van der Waals surface area contributed by atoms with Gasteiger partial charge in [0.2, 0.25) is 0 Å². The average Bonchev–Trinajstić information content (AvgIpc) is 3.45. The molecule has 36 heavy (non-hydrogen) atoms. The largest absolute Gasteiger partial charge is 0.507 e. The lowest BCUT2D eigenvalue weighted by atomic mass is 9.95. The lowest BCUT2D eigenvalue weighted by Gasteiger charge is -2.25. The van der Waals surface area contributed by atoms with Gasteiger partial charge in [0, 0.05) is 29.2 Å². The Bertz CT molecular complexity index is 1450. The maximum absolute atomic E-state index is 13.3. The fraction of sp³-hybridized carbons (Fsp3) is 0.172. The standard InChI is InChI=1S/C29H26N2O5/c1-35-21-11-7-18(8-12-21)26-25(27(32)19-9-13-22(36-2)14-10-19)28(33)29(34)31(26)16-15-20-17-30-24-6-4-3-5-23(20)24/h3-14,17,26,30,32H,15-16H2,1-2H3/b27-25-. The minimum Gasteiger partial charge on any atom is -0.507 e. The number of hydrogen-bond donors (Lipinski definition) is 2. The summed E-state index contributed by atoms with van der Waals surface area (Å²) in [6, 6.07) is 21.1. The molecular formula is C29H26N2O5. The zero-order chi connectivity index (χ0) is 25.2. The highest BCUT2D eigenvalue weighted by atomic mass is 16.5. The lowest BCUT2D eigenvalue weighted by molar-refractivity contribution is -0.139. The van der Waals surface area contributed by atoms with E-state index in [2.05, 4.69) is 4.98 Å². The number of aliphatic hydroxyl groups is 1. The van der Waals surface area contributed by atoms with Crippen LogP contribution in [0.2, 0.25) is 0 Å². The van der Waals surface area contributed by atoms with Crippen molar-refractivity contribution < 1.29 is 24.2 Å². The van der Waals surface area contributed by atoms with Crippen LogP contribution in [0.4, 0.5) is 0 Å². The maximum Gasteiger partial charge on any atom is 0.295 e. The van der Waals surface area contributed by atoms with Crippen molar-refractivity contribution >= 4 is 28.4 Å². The number of methoxy groups -OCH3 is 2. The molecule has 0 bridgehead atoms. The Morgan fingerprint density at radius 2 is 1.56 bits per heavy atom. The second-order valence-electron chi connectivity index (χ2n) is 8.60. The van der Waals surface area contributed by atoms with Gasteiger partial charge >= 0.3 is 0 Å². The van der Waals surface area contributed by atoms with Crippen molar-refractivity contribution in [3.8, 4) is 11.5 Å². The highest BCUT2D eigenvalue weighted by molar-refractivity contribution is 6.46. The van der Waals surface area contributed by atoms with Gasteiger partial charge < -0.3 is 24.5 Å². The van der Waals surface area contributed by atoms with Crippen LogP contribution in [0.5, 0.6) is 11.5 Å². The Labute approximate surface area is 208 Å². The monoisotopic (exact) mass is 482 g/mol. The average molecular weight is 483 g/mol. The van der Waals surface area contributed by atoms with Crippen molar-refractivity contribution in [2.75, 3.05) is 20.8 Å². The van der Waals surface area contributed by atoms with Crippen LogP contribution >= 0.6 is 0 Å². The lowest BCUT2D eigenvalue weighted by Crippen LogP contribution is -2.31. The molecule has 1 aliphatic rings. The number of para-hydroxylation sites is 1. The first kappa shape index (κ1) is 23.2. The minimum atomic E-state index is -0.733. The number of hydrogen-bond acceptors (Lipinski definition) is 5. The van der Waals surface area contributed by atoms with Gasteiger partial charge in [-0.1, -0.05) is 30.3 Å². The molecule has 182 valence electrons. The number of aliphatic hydroxyl groups excluding tert-OH is 1. The fourth-order valence-electron chi connectivity index (χ4n) is 4.73. The summed E-state index contributed by atoms with van der Waals surface area (Å²) in [4.78, 5) is 31.3. The zero-order valence-electron chi connectivity index (χ0n) is 20.0. The van der Waals surface area contributed by atoms with Crippen molar-refractivity contribution in [3.05, 3.63) is 101 Å². The van der Waals surface area contributed by atoms with E-state index in [1.807, 2.05) is 42.6 Å². The van der Waals surface area contributed by atoms with Crippen LogP contribution in [0.25, 0.3) is 16.7 Å². The van der Waals surface area contributed by atoms with Gasteiger partial charge in [0.05, 0.1) is 25.8 Å². The number of carbonyl (C=O) groups excluding carboxylic acids is 2. The summed E-state index contributed by atoms with van der Waals surface area (Å²) in [5.41, 5.74) is 3.28. The van der Waals surface area contributed by atoms with Crippen LogP contribution in [-0.4, -0.2) is 47.4 Å². The Morgan fingerprint density at radius 1 is 0.917 bits per heavy atom. The van der Waals surface area contributed by atoms with E-state index in [0.29, 0.717) is 35.6 Å². The van der Waals surface area contributed by atoms with Crippen LogP contribution in [0, 0.1) is 0 Å². The van der Waals surface area contributed by atoms with Crippen molar-refractivity contribution in [2.45, 2.75) is 12.5 Å². The number of amides is 1. The molecule has 2 N–H and O–H groups in total. The summed E-state index contributed by atoms with van der Waals surface area (Å²) in [5, 5.41) is 12.3. The number of carbonyl (C=O) groups is 2. The van der Waals surface area contributed by atoms with Gasteiger partial charge in [0.1, 0.15) is 17.3 Å². The molecule has 2 heterocycles. The van der Waals surface area contributed by atoms with Crippen molar-refractivity contribution in [2.24, 2.45) is 0 Å². The van der Waals surface area contributed by atoms with Gasteiger partial charge in [0.15, 0.2) is 0 Å². The van der Waals surface area contributed by atoms with Crippen LogP contribution in [-0.2, 0) is 16.0 Å². The van der Waals surface area contributed by atoms with Gasteiger partial charge in [0.25, 0.3) is 11.7 Å². The molecule has 1 atom stereocenters. The molecule has 1 saturated heterocycles. The highest BCUT2D eigenvalue weighted by Crippen LogP contribution is 2.40. The molecule has 7 nitrogen and oxygen atoms in total. The summed E-state index contributed by atoms with van der Waals surface area (Å²) >= 11 is 0. The smallest absolute Gasteiger partial charge is 0.295 e. The van der Waals surface area contributed by atoms with Gasteiger partial charge in [-0.3, -0.25) is 9.59 Å². The Hall–Kier alpha value is -4.52. The zero-order valence-corrected chi connectivity index (χ0v) is 20.0. The number of Topliss-reactive ketones (excluding diaryl/α,β-unsaturated/α-hetero) is 1. The Kier molecular flexibility index (Phi) is 6.21. The van der Waals surface area contributed by atoms with Crippen molar-refractivity contribution in [1.29, 1.82) is 0 Å². The number of fused-ring (bicyclic) bond motifs is 1.